The van der Waals surface area contributed by atoms with Crippen LogP contribution < -0.4 is 10.6 Å². The highest BCUT2D eigenvalue weighted by Gasteiger charge is 2.09. The highest BCUT2D eigenvalue weighted by Crippen LogP contribution is 2.10. The Bertz CT molecular complexity index is 644. The smallest absolute Gasteiger partial charge is 0.233 e. The van der Waals surface area contributed by atoms with E-state index in [-0.39, 0.29) is 18.2 Å². The SMILES string of the molecule is O=C(CC(=O)Nc1ccccc1)NCCc1cccc(Cl)c1. The topological polar surface area (TPSA) is 58.2 Å². The Balaban J connectivity index is 1.70. The second-order valence-electron chi connectivity index (χ2n) is 4.82. The molecule has 0 radical (unpaired) electrons. The Morgan fingerprint density at radius 1 is 0.955 bits per heavy atom. The van der Waals surface area contributed by atoms with Gasteiger partial charge in [-0.25, -0.2) is 0 Å². The van der Waals surface area contributed by atoms with Crippen LogP contribution in [0.4, 0.5) is 5.69 Å². The van der Waals surface area contributed by atoms with Crippen LogP contribution in [-0.4, -0.2) is 18.4 Å². The Hall–Kier alpha value is -2.33. The summed E-state index contributed by atoms with van der Waals surface area (Å²) in [6.07, 6.45) is 0.483. The molecule has 2 aromatic rings. The molecule has 0 heterocycles. The number of halogens is 1. The monoisotopic (exact) mass is 316 g/mol. The lowest BCUT2D eigenvalue weighted by Gasteiger charge is -2.07. The predicted octanol–water partition coefficient (Wildman–Crippen LogP) is 3.03. The molecule has 2 N–H and O–H groups in total. The molecule has 0 aliphatic carbocycles. The third-order valence-corrected chi connectivity index (χ3v) is 3.24. The first-order valence-electron chi connectivity index (χ1n) is 6.99. The van der Waals surface area contributed by atoms with Crippen molar-refractivity contribution in [3.05, 3.63) is 65.2 Å². The van der Waals surface area contributed by atoms with Crippen LogP contribution in [0.3, 0.4) is 0 Å². The lowest BCUT2D eigenvalue weighted by molar-refractivity contribution is -0.126. The predicted molar refractivity (Wildman–Crippen MR) is 87.9 cm³/mol. The van der Waals surface area contributed by atoms with Gasteiger partial charge in [0.15, 0.2) is 0 Å². The summed E-state index contributed by atoms with van der Waals surface area (Å²) < 4.78 is 0. The van der Waals surface area contributed by atoms with Crippen molar-refractivity contribution >= 4 is 29.1 Å². The normalized spacial score (nSPS) is 10.0. The van der Waals surface area contributed by atoms with E-state index in [2.05, 4.69) is 10.6 Å². The van der Waals surface area contributed by atoms with Gasteiger partial charge in [-0.15, -0.1) is 0 Å². The number of amides is 2. The van der Waals surface area contributed by atoms with Gasteiger partial charge < -0.3 is 10.6 Å². The van der Waals surface area contributed by atoms with Crippen molar-refractivity contribution in [3.63, 3.8) is 0 Å². The summed E-state index contributed by atoms with van der Waals surface area (Å²) in [7, 11) is 0. The quantitative estimate of drug-likeness (QED) is 0.805. The maximum absolute atomic E-state index is 11.7. The summed E-state index contributed by atoms with van der Waals surface area (Å²) in [5, 5.41) is 6.07. The summed E-state index contributed by atoms with van der Waals surface area (Å²) >= 11 is 5.89. The number of para-hydroxylation sites is 1. The lowest BCUT2D eigenvalue weighted by atomic mass is 10.1. The van der Waals surface area contributed by atoms with Crippen LogP contribution in [0.2, 0.25) is 5.02 Å². The summed E-state index contributed by atoms with van der Waals surface area (Å²) in [6.45, 7) is 0.470. The van der Waals surface area contributed by atoms with Gasteiger partial charge in [0, 0.05) is 17.3 Å². The van der Waals surface area contributed by atoms with E-state index < -0.39 is 0 Å². The van der Waals surface area contributed by atoms with Gasteiger partial charge >= 0.3 is 0 Å². The minimum Gasteiger partial charge on any atom is -0.355 e. The first kappa shape index (κ1) is 16.0. The molecule has 0 spiro atoms. The molecule has 0 unspecified atom stereocenters. The molecule has 0 fully saturated rings. The molecule has 22 heavy (non-hydrogen) atoms. The lowest BCUT2D eigenvalue weighted by Crippen LogP contribution is -2.29. The van der Waals surface area contributed by atoms with E-state index in [9.17, 15) is 9.59 Å². The average Bonchev–Trinajstić information content (AvgIpc) is 2.48. The third kappa shape index (κ3) is 5.58. The van der Waals surface area contributed by atoms with Gasteiger partial charge in [0.05, 0.1) is 0 Å². The van der Waals surface area contributed by atoms with E-state index in [4.69, 9.17) is 11.6 Å². The fraction of sp³-hybridized carbons (Fsp3) is 0.176. The van der Waals surface area contributed by atoms with E-state index in [1.54, 1.807) is 18.2 Å². The van der Waals surface area contributed by atoms with Crippen molar-refractivity contribution < 1.29 is 9.59 Å². The zero-order valence-corrected chi connectivity index (χ0v) is 12.8. The number of nitrogens with one attached hydrogen (secondary N) is 2. The molecular weight excluding hydrogens is 300 g/mol. The minimum atomic E-state index is -0.327. The number of anilines is 1. The number of carbonyl (C=O) groups is 2. The van der Waals surface area contributed by atoms with Crippen molar-refractivity contribution in [1.29, 1.82) is 0 Å². The number of hydrogen-bond donors (Lipinski definition) is 2. The highest BCUT2D eigenvalue weighted by molar-refractivity contribution is 6.30. The molecule has 0 saturated carbocycles. The average molecular weight is 317 g/mol. The molecule has 2 amide bonds. The summed E-state index contributed by atoms with van der Waals surface area (Å²) in [5.74, 6) is -0.623. The minimum absolute atomic E-state index is 0.190. The molecule has 5 heteroatoms. The molecule has 0 aliphatic rings. The second kappa shape index (κ2) is 8.20. The third-order valence-electron chi connectivity index (χ3n) is 3.00. The fourth-order valence-corrected chi connectivity index (χ4v) is 2.19. The van der Waals surface area contributed by atoms with Gasteiger partial charge in [-0.3, -0.25) is 9.59 Å². The molecule has 4 nitrogen and oxygen atoms in total. The molecule has 0 aromatic heterocycles. The Labute approximate surface area is 134 Å². The molecule has 0 atom stereocenters. The number of carbonyl (C=O) groups excluding carboxylic acids is 2. The van der Waals surface area contributed by atoms with Gasteiger partial charge in [-0.1, -0.05) is 41.9 Å². The van der Waals surface area contributed by atoms with E-state index in [0.717, 1.165) is 5.56 Å². The molecule has 2 aromatic carbocycles. The van der Waals surface area contributed by atoms with Crippen molar-refractivity contribution in [3.8, 4) is 0 Å². The summed E-state index contributed by atoms with van der Waals surface area (Å²) in [5.41, 5.74) is 1.72. The Kier molecular flexibility index (Phi) is 5.98. The molecule has 114 valence electrons. The van der Waals surface area contributed by atoms with Crippen molar-refractivity contribution in [2.45, 2.75) is 12.8 Å². The van der Waals surface area contributed by atoms with Gasteiger partial charge in [0.1, 0.15) is 6.42 Å². The number of benzene rings is 2. The second-order valence-corrected chi connectivity index (χ2v) is 5.26. The van der Waals surface area contributed by atoms with Crippen LogP contribution in [0.25, 0.3) is 0 Å². The maximum atomic E-state index is 11.7. The number of hydrogen-bond acceptors (Lipinski definition) is 2. The Morgan fingerprint density at radius 3 is 2.45 bits per heavy atom. The number of rotatable bonds is 6. The molecule has 0 saturated heterocycles. The van der Waals surface area contributed by atoms with E-state index >= 15 is 0 Å². The van der Waals surface area contributed by atoms with Crippen LogP contribution >= 0.6 is 11.6 Å². The van der Waals surface area contributed by atoms with Gasteiger partial charge in [-0.05, 0) is 36.2 Å². The zero-order chi connectivity index (χ0) is 15.8. The van der Waals surface area contributed by atoms with Crippen LogP contribution in [0.5, 0.6) is 0 Å². The van der Waals surface area contributed by atoms with Crippen LogP contribution in [0, 0.1) is 0 Å². The van der Waals surface area contributed by atoms with Crippen LogP contribution in [0.15, 0.2) is 54.6 Å². The standard InChI is InChI=1S/C17H17ClN2O2/c18-14-6-4-5-13(11-14)9-10-19-16(21)12-17(22)20-15-7-2-1-3-8-15/h1-8,11H,9-10,12H2,(H,19,21)(H,20,22). The summed E-state index contributed by atoms with van der Waals surface area (Å²) in [4.78, 5) is 23.4. The van der Waals surface area contributed by atoms with Gasteiger partial charge in [0.2, 0.25) is 11.8 Å². The molecular formula is C17H17ClN2O2. The molecule has 0 aliphatic heterocycles. The highest BCUT2D eigenvalue weighted by atomic mass is 35.5. The van der Waals surface area contributed by atoms with Crippen molar-refractivity contribution in [2.75, 3.05) is 11.9 Å². The molecule has 0 bridgehead atoms. The van der Waals surface area contributed by atoms with Gasteiger partial charge in [-0.2, -0.15) is 0 Å². The van der Waals surface area contributed by atoms with Crippen LogP contribution in [0.1, 0.15) is 12.0 Å². The molecule has 2 rings (SSSR count). The first-order chi connectivity index (χ1) is 10.6. The van der Waals surface area contributed by atoms with Gasteiger partial charge in [0.25, 0.3) is 0 Å². The van der Waals surface area contributed by atoms with Crippen molar-refractivity contribution in [1.82, 2.24) is 5.32 Å². The first-order valence-corrected chi connectivity index (χ1v) is 7.37. The zero-order valence-electron chi connectivity index (χ0n) is 12.0. The van der Waals surface area contributed by atoms with Crippen molar-refractivity contribution in [2.24, 2.45) is 0 Å². The summed E-state index contributed by atoms with van der Waals surface area (Å²) in [6, 6.07) is 16.5. The Morgan fingerprint density at radius 2 is 1.73 bits per heavy atom. The van der Waals surface area contributed by atoms with E-state index in [1.807, 2.05) is 36.4 Å². The largest absolute Gasteiger partial charge is 0.355 e. The maximum Gasteiger partial charge on any atom is 0.233 e. The van der Waals surface area contributed by atoms with Crippen LogP contribution in [-0.2, 0) is 16.0 Å². The fourth-order valence-electron chi connectivity index (χ4n) is 1.97. The van der Waals surface area contributed by atoms with E-state index in [1.165, 1.54) is 0 Å². The van der Waals surface area contributed by atoms with E-state index in [0.29, 0.717) is 23.7 Å².